The summed E-state index contributed by atoms with van der Waals surface area (Å²) in [6.07, 6.45) is 0. The summed E-state index contributed by atoms with van der Waals surface area (Å²) < 4.78 is 5.06. The molecular formula is C12H15N3O2S2. The van der Waals surface area contributed by atoms with Crippen molar-refractivity contribution in [2.75, 3.05) is 24.3 Å². The summed E-state index contributed by atoms with van der Waals surface area (Å²) in [5.74, 6) is -0.146. The number of nitrogens with two attached hydrogens (primary N) is 1. The smallest absolute Gasteiger partial charge is 0.250 e. The van der Waals surface area contributed by atoms with Crippen LogP contribution in [0, 0.1) is 6.92 Å². The molecule has 1 amide bonds. The summed E-state index contributed by atoms with van der Waals surface area (Å²) >= 11 is 2.90. The Labute approximate surface area is 119 Å². The Hall–Kier alpha value is -1.44. The molecule has 0 fully saturated rings. The van der Waals surface area contributed by atoms with Gasteiger partial charge in [-0.3, -0.25) is 4.79 Å². The van der Waals surface area contributed by atoms with Crippen LogP contribution in [0.3, 0.4) is 0 Å². The van der Waals surface area contributed by atoms with Gasteiger partial charge in [-0.15, -0.1) is 22.7 Å². The number of ether oxygens (including phenoxy) is 1. The number of rotatable bonds is 5. The Balaban J connectivity index is 2.11. The van der Waals surface area contributed by atoms with Crippen molar-refractivity contribution in [3.63, 3.8) is 0 Å². The van der Waals surface area contributed by atoms with Crippen LogP contribution >= 0.6 is 22.7 Å². The van der Waals surface area contributed by atoms with E-state index < -0.39 is 0 Å². The SMILES string of the molecule is CCOCC(=O)Nc1cc(C)c(-c2csc(N)n2)s1. The quantitative estimate of drug-likeness (QED) is 0.889. The summed E-state index contributed by atoms with van der Waals surface area (Å²) in [7, 11) is 0. The third-order valence-corrected chi connectivity index (χ3v) is 4.22. The molecule has 0 unspecified atom stereocenters. The van der Waals surface area contributed by atoms with Crippen LogP contribution in [0.25, 0.3) is 10.6 Å². The molecule has 0 bridgehead atoms. The van der Waals surface area contributed by atoms with Crippen LogP contribution in [-0.4, -0.2) is 24.1 Å². The first kappa shape index (κ1) is 14.0. The van der Waals surface area contributed by atoms with E-state index in [2.05, 4.69) is 10.3 Å². The topological polar surface area (TPSA) is 77.2 Å². The number of thiophene rings is 1. The van der Waals surface area contributed by atoms with E-state index in [0.717, 1.165) is 21.1 Å². The summed E-state index contributed by atoms with van der Waals surface area (Å²) in [5, 5.41) is 6.07. The summed E-state index contributed by atoms with van der Waals surface area (Å²) in [5.41, 5.74) is 7.56. The lowest BCUT2D eigenvalue weighted by Gasteiger charge is -2.01. The van der Waals surface area contributed by atoms with E-state index >= 15 is 0 Å². The van der Waals surface area contributed by atoms with Crippen molar-refractivity contribution in [1.29, 1.82) is 0 Å². The fourth-order valence-corrected chi connectivity index (χ4v) is 3.24. The van der Waals surface area contributed by atoms with Gasteiger partial charge in [-0.05, 0) is 25.5 Å². The first-order valence-corrected chi connectivity index (χ1v) is 7.49. The summed E-state index contributed by atoms with van der Waals surface area (Å²) in [4.78, 5) is 16.9. The van der Waals surface area contributed by atoms with E-state index in [1.807, 2.05) is 25.3 Å². The Kier molecular flexibility index (Phi) is 4.52. The summed E-state index contributed by atoms with van der Waals surface area (Å²) in [6.45, 7) is 4.44. The van der Waals surface area contributed by atoms with Crippen molar-refractivity contribution in [2.24, 2.45) is 0 Å². The maximum Gasteiger partial charge on any atom is 0.250 e. The molecule has 0 atom stereocenters. The zero-order chi connectivity index (χ0) is 13.8. The number of nitrogens with zero attached hydrogens (tertiary/aromatic N) is 1. The average molecular weight is 297 g/mol. The molecule has 102 valence electrons. The molecule has 0 aliphatic carbocycles. The van der Waals surface area contributed by atoms with E-state index in [-0.39, 0.29) is 12.5 Å². The van der Waals surface area contributed by atoms with Gasteiger partial charge in [-0.25, -0.2) is 4.98 Å². The molecule has 7 heteroatoms. The van der Waals surface area contributed by atoms with Gasteiger partial charge in [0, 0.05) is 12.0 Å². The number of nitrogen functional groups attached to an aromatic ring is 1. The number of thiazole rings is 1. The van der Waals surface area contributed by atoms with Gasteiger partial charge in [0.2, 0.25) is 0 Å². The molecule has 2 aromatic heterocycles. The lowest BCUT2D eigenvalue weighted by Crippen LogP contribution is -2.17. The second-order valence-electron chi connectivity index (χ2n) is 3.88. The number of carbonyl (C=O) groups is 1. The van der Waals surface area contributed by atoms with Crippen LogP contribution in [0.15, 0.2) is 11.4 Å². The molecule has 0 radical (unpaired) electrons. The Morgan fingerprint density at radius 1 is 1.58 bits per heavy atom. The molecule has 0 spiro atoms. The van der Waals surface area contributed by atoms with Gasteiger partial charge in [0.05, 0.1) is 15.6 Å². The first-order chi connectivity index (χ1) is 9.10. The second-order valence-corrected chi connectivity index (χ2v) is 5.82. The third kappa shape index (κ3) is 3.52. The van der Waals surface area contributed by atoms with Crippen molar-refractivity contribution in [2.45, 2.75) is 13.8 Å². The minimum atomic E-state index is -0.146. The molecular weight excluding hydrogens is 282 g/mol. The number of hydrogen-bond acceptors (Lipinski definition) is 6. The van der Waals surface area contributed by atoms with Gasteiger partial charge in [0.25, 0.3) is 5.91 Å². The minimum absolute atomic E-state index is 0.0758. The molecule has 0 aromatic carbocycles. The monoisotopic (exact) mass is 297 g/mol. The molecule has 0 aliphatic heterocycles. The zero-order valence-electron chi connectivity index (χ0n) is 10.7. The molecule has 2 heterocycles. The van der Waals surface area contributed by atoms with E-state index in [4.69, 9.17) is 10.5 Å². The fraction of sp³-hybridized carbons (Fsp3) is 0.333. The van der Waals surface area contributed by atoms with Gasteiger partial charge in [-0.2, -0.15) is 0 Å². The minimum Gasteiger partial charge on any atom is -0.375 e. The van der Waals surface area contributed by atoms with Gasteiger partial charge < -0.3 is 15.8 Å². The first-order valence-electron chi connectivity index (χ1n) is 5.79. The van der Waals surface area contributed by atoms with E-state index in [0.29, 0.717) is 11.7 Å². The molecule has 3 N–H and O–H groups in total. The molecule has 2 rings (SSSR count). The van der Waals surface area contributed by atoms with Crippen LogP contribution in [-0.2, 0) is 9.53 Å². The predicted octanol–water partition coefficient (Wildman–Crippen LogP) is 2.74. The Morgan fingerprint density at radius 2 is 2.37 bits per heavy atom. The molecule has 19 heavy (non-hydrogen) atoms. The van der Waals surface area contributed by atoms with E-state index in [1.54, 1.807) is 0 Å². The molecule has 0 aliphatic rings. The van der Waals surface area contributed by atoms with Crippen LogP contribution in [0.1, 0.15) is 12.5 Å². The van der Waals surface area contributed by atoms with Crippen molar-refractivity contribution in [3.8, 4) is 10.6 Å². The lowest BCUT2D eigenvalue weighted by atomic mass is 10.2. The van der Waals surface area contributed by atoms with Gasteiger partial charge in [0.15, 0.2) is 5.13 Å². The Morgan fingerprint density at radius 3 is 3.00 bits per heavy atom. The average Bonchev–Trinajstić information content (AvgIpc) is 2.93. The number of aromatic nitrogens is 1. The lowest BCUT2D eigenvalue weighted by molar-refractivity contribution is -0.120. The standard InChI is InChI=1S/C12H15N3O2S2/c1-3-17-5-9(16)15-10-4-7(2)11(19-10)8-6-18-12(13)14-8/h4,6H,3,5H2,1-2H3,(H2,13,14)(H,15,16). The van der Waals surface area contributed by atoms with Crippen LogP contribution in [0.5, 0.6) is 0 Å². The van der Waals surface area contributed by atoms with Crippen molar-refractivity contribution in [3.05, 3.63) is 17.0 Å². The van der Waals surface area contributed by atoms with Crippen LogP contribution < -0.4 is 11.1 Å². The zero-order valence-corrected chi connectivity index (χ0v) is 12.4. The number of aryl methyl sites for hydroxylation is 1. The Bertz CT molecular complexity index is 577. The highest BCUT2D eigenvalue weighted by atomic mass is 32.1. The maximum absolute atomic E-state index is 11.6. The van der Waals surface area contributed by atoms with E-state index in [9.17, 15) is 4.79 Å². The normalized spacial score (nSPS) is 10.6. The molecule has 5 nitrogen and oxygen atoms in total. The predicted molar refractivity (Wildman–Crippen MR) is 79.7 cm³/mol. The summed E-state index contributed by atoms with van der Waals surface area (Å²) in [6, 6.07) is 1.93. The largest absolute Gasteiger partial charge is 0.375 e. The highest BCUT2D eigenvalue weighted by Crippen LogP contribution is 2.36. The number of hydrogen-bond donors (Lipinski definition) is 2. The van der Waals surface area contributed by atoms with Gasteiger partial charge in [0.1, 0.15) is 6.61 Å². The molecule has 0 saturated heterocycles. The van der Waals surface area contributed by atoms with E-state index in [1.165, 1.54) is 22.7 Å². The highest BCUT2D eigenvalue weighted by molar-refractivity contribution is 7.20. The van der Waals surface area contributed by atoms with Gasteiger partial charge >= 0.3 is 0 Å². The van der Waals surface area contributed by atoms with Crippen LogP contribution in [0.2, 0.25) is 0 Å². The fourth-order valence-electron chi connectivity index (χ4n) is 1.56. The van der Waals surface area contributed by atoms with Crippen molar-refractivity contribution >= 4 is 38.7 Å². The number of carbonyl (C=O) groups excluding carboxylic acids is 1. The maximum atomic E-state index is 11.6. The number of anilines is 2. The molecule has 2 aromatic rings. The van der Waals surface area contributed by atoms with Crippen LogP contribution in [0.4, 0.5) is 10.1 Å². The number of nitrogens with one attached hydrogen (secondary N) is 1. The highest BCUT2D eigenvalue weighted by Gasteiger charge is 2.12. The van der Waals surface area contributed by atoms with Crippen molar-refractivity contribution in [1.82, 2.24) is 4.98 Å². The number of amides is 1. The van der Waals surface area contributed by atoms with Gasteiger partial charge in [-0.1, -0.05) is 0 Å². The van der Waals surface area contributed by atoms with Crippen molar-refractivity contribution < 1.29 is 9.53 Å². The second kappa shape index (κ2) is 6.14. The molecule has 0 saturated carbocycles. The third-order valence-electron chi connectivity index (χ3n) is 2.37.